The van der Waals surface area contributed by atoms with Crippen molar-refractivity contribution in [3.8, 4) is 5.75 Å². The average molecular weight is 370 g/mol. The minimum atomic E-state index is -4.74. The van der Waals surface area contributed by atoms with Crippen LogP contribution in [0.3, 0.4) is 0 Å². The fraction of sp³-hybridized carbons (Fsp3) is 0.462. The molecule has 0 fully saturated rings. The maximum Gasteiger partial charge on any atom is 0.573 e. The lowest BCUT2D eigenvalue weighted by Crippen LogP contribution is -2.28. The van der Waals surface area contributed by atoms with Crippen molar-refractivity contribution in [1.82, 2.24) is 4.90 Å². The molecule has 0 spiro atoms. The van der Waals surface area contributed by atoms with E-state index in [2.05, 4.69) is 20.7 Å². The molecule has 0 heterocycles. The molecule has 0 amide bonds. The van der Waals surface area contributed by atoms with Crippen molar-refractivity contribution in [2.24, 2.45) is 5.92 Å². The topological polar surface area (TPSA) is 49.8 Å². The van der Waals surface area contributed by atoms with Gasteiger partial charge in [0.15, 0.2) is 0 Å². The van der Waals surface area contributed by atoms with Gasteiger partial charge >= 0.3 is 12.3 Å². The molecule has 118 valence electrons. The Morgan fingerprint density at radius 2 is 2.10 bits per heavy atom. The minimum absolute atomic E-state index is 0.192. The summed E-state index contributed by atoms with van der Waals surface area (Å²) in [7, 11) is 1.74. The van der Waals surface area contributed by atoms with Crippen LogP contribution in [0.4, 0.5) is 13.2 Å². The molecule has 0 bridgehead atoms. The van der Waals surface area contributed by atoms with Crippen molar-refractivity contribution in [2.45, 2.75) is 19.8 Å². The van der Waals surface area contributed by atoms with Gasteiger partial charge in [-0.25, -0.2) is 0 Å². The van der Waals surface area contributed by atoms with Gasteiger partial charge in [0.25, 0.3) is 0 Å². The van der Waals surface area contributed by atoms with E-state index >= 15 is 0 Å². The smallest absolute Gasteiger partial charge is 0.481 e. The molecular weight excluding hydrogens is 355 g/mol. The molecule has 0 saturated heterocycles. The zero-order chi connectivity index (χ0) is 16.2. The second kappa shape index (κ2) is 7.13. The highest BCUT2D eigenvalue weighted by Gasteiger charge is 2.31. The van der Waals surface area contributed by atoms with Crippen LogP contribution in [-0.4, -0.2) is 35.9 Å². The third-order valence-electron chi connectivity index (χ3n) is 2.68. The van der Waals surface area contributed by atoms with Crippen LogP contribution >= 0.6 is 15.9 Å². The van der Waals surface area contributed by atoms with Gasteiger partial charge in [-0.1, -0.05) is 13.0 Å². The number of hydrogen-bond donors (Lipinski definition) is 1. The molecule has 4 nitrogen and oxygen atoms in total. The van der Waals surface area contributed by atoms with Crippen LogP contribution in [0, 0.1) is 5.92 Å². The van der Waals surface area contributed by atoms with Crippen molar-refractivity contribution >= 4 is 21.9 Å². The summed E-state index contributed by atoms with van der Waals surface area (Å²) >= 11 is 3.03. The zero-order valence-corrected chi connectivity index (χ0v) is 13.0. The van der Waals surface area contributed by atoms with Crippen LogP contribution in [0.1, 0.15) is 12.5 Å². The van der Waals surface area contributed by atoms with Gasteiger partial charge in [0.1, 0.15) is 5.75 Å². The summed E-state index contributed by atoms with van der Waals surface area (Å²) < 4.78 is 40.5. The summed E-state index contributed by atoms with van der Waals surface area (Å²) in [5, 5.41) is 8.83. The minimum Gasteiger partial charge on any atom is -0.481 e. The fourth-order valence-electron chi connectivity index (χ4n) is 1.77. The number of aliphatic carboxylic acids is 1. The lowest BCUT2D eigenvalue weighted by atomic mass is 10.1. The number of nitrogens with zero attached hydrogens (tertiary/aromatic N) is 1. The summed E-state index contributed by atoms with van der Waals surface area (Å²) in [6, 6.07) is 4.25. The van der Waals surface area contributed by atoms with E-state index in [0.717, 1.165) is 5.56 Å². The summed E-state index contributed by atoms with van der Waals surface area (Å²) in [5.74, 6) is -1.73. The van der Waals surface area contributed by atoms with E-state index in [0.29, 0.717) is 13.1 Å². The van der Waals surface area contributed by atoms with Crippen LogP contribution in [-0.2, 0) is 11.3 Å². The molecule has 0 saturated carbocycles. The molecule has 0 aromatic heterocycles. The zero-order valence-electron chi connectivity index (χ0n) is 11.4. The first-order chi connectivity index (χ1) is 9.58. The first kappa shape index (κ1) is 17.8. The standard InChI is InChI=1S/C13H15BrF3NO3/c1-8(12(19)20)6-18(2)7-9-3-4-11(10(14)5-9)21-13(15,16)17/h3-5,8H,6-7H2,1-2H3,(H,19,20). The summed E-state index contributed by atoms with van der Waals surface area (Å²) in [6.45, 7) is 2.35. The van der Waals surface area contributed by atoms with Crippen molar-refractivity contribution in [3.05, 3.63) is 28.2 Å². The van der Waals surface area contributed by atoms with Crippen molar-refractivity contribution in [3.63, 3.8) is 0 Å². The molecule has 1 atom stereocenters. The Hall–Kier alpha value is -1.28. The van der Waals surface area contributed by atoms with Gasteiger partial charge in [-0.05, 0) is 40.7 Å². The van der Waals surface area contributed by atoms with Crippen LogP contribution in [0.25, 0.3) is 0 Å². The molecule has 0 aliphatic carbocycles. The fourth-order valence-corrected chi connectivity index (χ4v) is 2.28. The molecular formula is C13H15BrF3NO3. The highest BCUT2D eigenvalue weighted by molar-refractivity contribution is 9.10. The van der Waals surface area contributed by atoms with Crippen LogP contribution < -0.4 is 4.74 Å². The van der Waals surface area contributed by atoms with E-state index < -0.39 is 18.2 Å². The maximum absolute atomic E-state index is 12.1. The van der Waals surface area contributed by atoms with Gasteiger partial charge in [-0.2, -0.15) is 0 Å². The number of carboxylic acids is 1. The van der Waals surface area contributed by atoms with E-state index in [1.54, 1.807) is 18.9 Å². The van der Waals surface area contributed by atoms with Gasteiger partial charge < -0.3 is 14.7 Å². The Labute approximate surface area is 128 Å². The first-order valence-electron chi connectivity index (χ1n) is 6.04. The molecule has 1 rings (SSSR count). The van der Waals surface area contributed by atoms with Crippen LogP contribution in [0.2, 0.25) is 0 Å². The Kier molecular flexibility index (Phi) is 6.03. The summed E-state index contributed by atoms with van der Waals surface area (Å²) in [4.78, 5) is 12.5. The number of carboxylic acid groups (broad SMARTS) is 1. The Morgan fingerprint density at radius 1 is 1.48 bits per heavy atom. The molecule has 1 aromatic rings. The van der Waals surface area contributed by atoms with Crippen molar-refractivity contribution in [2.75, 3.05) is 13.6 Å². The number of ether oxygens (including phenoxy) is 1. The molecule has 0 aliphatic heterocycles. The number of carbonyl (C=O) groups is 1. The van der Waals surface area contributed by atoms with Gasteiger partial charge in [0.2, 0.25) is 0 Å². The molecule has 1 aromatic carbocycles. The van der Waals surface area contributed by atoms with E-state index in [4.69, 9.17) is 5.11 Å². The Balaban J connectivity index is 2.69. The molecule has 0 aliphatic rings. The second-order valence-electron chi connectivity index (χ2n) is 4.75. The molecule has 0 radical (unpaired) electrons. The normalized spacial score (nSPS) is 13.3. The molecule has 8 heteroatoms. The van der Waals surface area contributed by atoms with E-state index in [1.165, 1.54) is 18.2 Å². The summed E-state index contributed by atoms with van der Waals surface area (Å²) in [6.07, 6.45) is -4.74. The molecule has 21 heavy (non-hydrogen) atoms. The van der Waals surface area contributed by atoms with Gasteiger partial charge in [0.05, 0.1) is 10.4 Å². The van der Waals surface area contributed by atoms with E-state index in [1.807, 2.05) is 0 Å². The maximum atomic E-state index is 12.1. The van der Waals surface area contributed by atoms with Crippen molar-refractivity contribution < 1.29 is 27.8 Å². The number of rotatable bonds is 6. The predicted molar refractivity (Wildman–Crippen MR) is 74.0 cm³/mol. The largest absolute Gasteiger partial charge is 0.573 e. The molecule has 1 unspecified atom stereocenters. The lowest BCUT2D eigenvalue weighted by molar-refractivity contribution is -0.274. The highest BCUT2D eigenvalue weighted by Crippen LogP contribution is 2.31. The van der Waals surface area contributed by atoms with E-state index in [-0.39, 0.29) is 10.2 Å². The number of halogens is 4. The number of hydrogen-bond acceptors (Lipinski definition) is 3. The predicted octanol–water partition coefficient (Wildman–Crippen LogP) is 3.50. The Morgan fingerprint density at radius 3 is 2.57 bits per heavy atom. The first-order valence-corrected chi connectivity index (χ1v) is 6.83. The van der Waals surface area contributed by atoms with Gasteiger partial charge in [0, 0.05) is 13.1 Å². The number of alkyl halides is 3. The van der Waals surface area contributed by atoms with Crippen molar-refractivity contribution in [1.29, 1.82) is 0 Å². The van der Waals surface area contributed by atoms with Crippen LogP contribution in [0.5, 0.6) is 5.75 Å². The third kappa shape index (κ3) is 6.34. The van der Waals surface area contributed by atoms with Crippen LogP contribution in [0.15, 0.2) is 22.7 Å². The summed E-state index contributed by atoms with van der Waals surface area (Å²) in [5.41, 5.74) is 0.747. The Bertz CT molecular complexity index is 508. The lowest BCUT2D eigenvalue weighted by Gasteiger charge is -2.19. The SMILES string of the molecule is CC(CN(C)Cc1ccc(OC(F)(F)F)c(Br)c1)C(=O)O. The quantitative estimate of drug-likeness (QED) is 0.833. The third-order valence-corrected chi connectivity index (χ3v) is 3.30. The monoisotopic (exact) mass is 369 g/mol. The second-order valence-corrected chi connectivity index (χ2v) is 5.60. The average Bonchev–Trinajstić information content (AvgIpc) is 2.30. The highest BCUT2D eigenvalue weighted by atomic mass is 79.9. The molecule has 1 N–H and O–H groups in total. The number of benzene rings is 1. The van der Waals surface area contributed by atoms with E-state index in [9.17, 15) is 18.0 Å². The van der Waals surface area contributed by atoms with Gasteiger partial charge in [-0.15, -0.1) is 13.2 Å². The van der Waals surface area contributed by atoms with Gasteiger partial charge in [-0.3, -0.25) is 4.79 Å².